The molecule has 3 rings (SSSR count). The highest BCUT2D eigenvalue weighted by Crippen LogP contribution is 2.22. The van der Waals surface area contributed by atoms with Gasteiger partial charge in [-0.1, -0.05) is 18.2 Å². The predicted molar refractivity (Wildman–Crippen MR) is 100 cm³/mol. The second-order valence-corrected chi connectivity index (χ2v) is 6.07. The molecule has 2 aromatic heterocycles. The number of para-hydroxylation sites is 1. The number of hydrogen-bond acceptors (Lipinski definition) is 5. The summed E-state index contributed by atoms with van der Waals surface area (Å²) in [5.74, 6) is -0.105. The van der Waals surface area contributed by atoms with Crippen LogP contribution >= 0.6 is 0 Å². The van der Waals surface area contributed by atoms with E-state index in [9.17, 15) is 9.59 Å². The van der Waals surface area contributed by atoms with Crippen molar-refractivity contribution >= 4 is 5.97 Å². The van der Waals surface area contributed by atoms with E-state index in [1.165, 1.54) is 6.20 Å². The van der Waals surface area contributed by atoms with Crippen LogP contribution < -0.4 is 10.2 Å². The molecular weight excluding hydrogens is 346 g/mol. The summed E-state index contributed by atoms with van der Waals surface area (Å²) in [6, 6.07) is 8.79. The number of pyridine rings is 1. The van der Waals surface area contributed by atoms with Gasteiger partial charge >= 0.3 is 5.97 Å². The molecule has 7 heteroatoms. The Morgan fingerprint density at radius 2 is 1.93 bits per heavy atom. The molecule has 0 aliphatic carbocycles. The third-order valence-electron chi connectivity index (χ3n) is 4.13. The smallest absolute Gasteiger partial charge is 0.343 e. The van der Waals surface area contributed by atoms with Crippen LogP contribution in [0.15, 0.2) is 59.9 Å². The molecule has 0 amide bonds. The summed E-state index contributed by atoms with van der Waals surface area (Å²) < 4.78 is 14.2. The number of esters is 1. The van der Waals surface area contributed by atoms with Crippen LogP contribution in [0.5, 0.6) is 11.5 Å². The van der Waals surface area contributed by atoms with Crippen molar-refractivity contribution < 1.29 is 14.3 Å². The van der Waals surface area contributed by atoms with E-state index in [1.54, 1.807) is 52.8 Å². The number of aryl methyl sites for hydroxylation is 1. The summed E-state index contributed by atoms with van der Waals surface area (Å²) in [5, 5.41) is 4.18. The van der Waals surface area contributed by atoms with Crippen LogP contribution in [0.25, 0.3) is 0 Å². The monoisotopic (exact) mass is 367 g/mol. The standard InChI is InChI=1S/C20H21N3O4/c1-4-26-20(25)17-12-23(14(2)15-10-21-22(3)11-15)13-18(19(17)24)27-16-8-6-5-7-9-16/h5-14H,4H2,1-3H3/t14-/m1/s1. The number of benzene rings is 1. The average Bonchev–Trinajstić information content (AvgIpc) is 3.10. The molecule has 1 aromatic carbocycles. The van der Waals surface area contributed by atoms with Gasteiger partial charge in [-0.3, -0.25) is 9.48 Å². The SMILES string of the molecule is CCOC(=O)c1cn([C@H](C)c2cnn(C)c2)cc(Oc2ccccc2)c1=O. The predicted octanol–water partition coefficient (Wildman–Crippen LogP) is 3.16. The molecule has 0 aliphatic heterocycles. The minimum atomic E-state index is -0.673. The van der Waals surface area contributed by atoms with Gasteiger partial charge in [-0.15, -0.1) is 0 Å². The normalized spacial score (nSPS) is 11.8. The fourth-order valence-corrected chi connectivity index (χ4v) is 2.67. The lowest BCUT2D eigenvalue weighted by molar-refractivity contribution is 0.0523. The molecule has 0 fully saturated rings. The first kappa shape index (κ1) is 18.4. The van der Waals surface area contributed by atoms with E-state index in [2.05, 4.69) is 5.10 Å². The number of ether oxygens (including phenoxy) is 2. The summed E-state index contributed by atoms with van der Waals surface area (Å²) in [6.45, 7) is 3.82. The number of rotatable bonds is 6. The topological polar surface area (TPSA) is 75.3 Å². The third kappa shape index (κ3) is 4.08. The number of hydrogen-bond donors (Lipinski definition) is 0. The van der Waals surface area contributed by atoms with E-state index in [-0.39, 0.29) is 24.0 Å². The number of aromatic nitrogens is 3. The maximum atomic E-state index is 12.7. The summed E-state index contributed by atoms with van der Waals surface area (Å²) >= 11 is 0. The van der Waals surface area contributed by atoms with Gasteiger partial charge in [-0.05, 0) is 26.0 Å². The quantitative estimate of drug-likeness (QED) is 0.626. The molecule has 0 spiro atoms. The summed E-state index contributed by atoms with van der Waals surface area (Å²) in [6.07, 6.45) is 6.71. The number of nitrogens with zero attached hydrogens (tertiary/aromatic N) is 3. The summed E-state index contributed by atoms with van der Waals surface area (Å²) in [4.78, 5) is 25.0. The fraction of sp³-hybridized carbons (Fsp3) is 0.250. The molecule has 7 nitrogen and oxygen atoms in total. The van der Waals surface area contributed by atoms with E-state index < -0.39 is 11.4 Å². The van der Waals surface area contributed by atoms with Crippen LogP contribution in [0.4, 0.5) is 0 Å². The first-order valence-corrected chi connectivity index (χ1v) is 8.64. The van der Waals surface area contributed by atoms with Crippen LogP contribution in [0.3, 0.4) is 0 Å². The molecule has 0 radical (unpaired) electrons. The van der Waals surface area contributed by atoms with Gasteiger partial charge in [-0.25, -0.2) is 4.79 Å². The zero-order chi connectivity index (χ0) is 19.4. The van der Waals surface area contributed by atoms with Gasteiger partial charge < -0.3 is 14.0 Å². The highest BCUT2D eigenvalue weighted by molar-refractivity contribution is 5.89. The lowest BCUT2D eigenvalue weighted by atomic mass is 10.1. The highest BCUT2D eigenvalue weighted by atomic mass is 16.5. The van der Waals surface area contributed by atoms with Crippen molar-refractivity contribution in [2.45, 2.75) is 19.9 Å². The van der Waals surface area contributed by atoms with Crippen molar-refractivity contribution in [1.29, 1.82) is 0 Å². The molecule has 3 aromatic rings. The lowest BCUT2D eigenvalue weighted by Crippen LogP contribution is -2.22. The Labute approximate surface area is 156 Å². The van der Waals surface area contributed by atoms with E-state index >= 15 is 0 Å². The molecule has 2 heterocycles. The average molecular weight is 367 g/mol. The van der Waals surface area contributed by atoms with Gasteiger partial charge in [0.15, 0.2) is 5.75 Å². The third-order valence-corrected chi connectivity index (χ3v) is 4.13. The van der Waals surface area contributed by atoms with Crippen molar-refractivity contribution in [2.75, 3.05) is 6.61 Å². The molecule has 0 saturated carbocycles. The van der Waals surface area contributed by atoms with Crippen molar-refractivity contribution in [3.63, 3.8) is 0 Å². The minimum Gasteiger partial charge on any atom is -0.462 e. The fourth-order valence-electron chi connectivity index (χ4n) is 2.67. The van der Waals surface area contributed by atoms with Gasteiger partial charge in [0.2, 0.25) is 5.43 Å². The summed E-state index contributed by atoms with van der Waals surface area (Å²) in [5.41, 5.74) is 0.356. The number of carbonyl (C=O) groups is 1. The van der Waals surface area contributed by atoms with Gasteiger partial charge in [-0.2, -0.15) is 5.10 Å². The van der Waals surface area contributed by atoms with Crippen LogP contribution in [-0.2, 0) is 11.8 Å². The Bertz CT molecular complexity index is 992. The Morgan fingerprint density at radius 3 is 2.56 bits per heavy atom. The van der Waals surface area contributed by atoms with Crippen molar-refractivity contribution in [3.05, 3.63) is 76.5 Å². The molecule has 140 valence electrons. The number of carbonyl (C=O) groups excluding carboxylic acids is 1. The largest absolute Gasteiger partial charge is 0.462 e. The minimum absolute atomic E-state index is 0.0579. The Balaban J connectivity index is 2.07. The Kier molecular flexibility index (Phi) is 5.40. The van der Waals surface area contributed by atoms with Crippen LogP contribution in [-0.4, -0.2) is 26.9 Å². The van der Waals surface area contributed by atoms with E-state index in [0.29, 0.717) is 5.75 Å². The highest BCUT2D eigenvalue weighted by Gasteiger charge is 2.20. The molecule has 0 bridgehead atoms. The zero-order valence-electron chi connectivity index (χ0n) is 15.5. The maximum Gasteiger partial charge on any atom is 0.343 e. The molecule has 27 heavy (non-hydrogen) atoms. The molecule has 1 atom stereocenters. The Morgan fingerprint density at radius 1 is 1.19 bits per heavy atom. The summed E-state index contributed by atoms with van der Waals surface area (Å²) in [7, 11) is 1.83. The van der Waals surface area contributed by atoms with Gasteiger partial charge in [0.25, 0.3) is 0 Å². The zero-order valence-corrected chi connectivity index (χ0v) is 15.5. The van der Waals surface area contributed by atoms with Gasteiger partial charge in [0.05, 0.1) is 25.0 Å². The van der Waals surface area contributed by atoms with Gasteiger partial charge in [0.1, 0.15) is 11.3 Å². The molecular formula is C20H21N3O4. The molecule has 0 saturated heterocycles. The van der Waals surface area contributed by atoms with E-state index in [1.807, 2.05) is 26.2 Å². The molecule has 0 unspecified atom stereocenters. The lowest BCUT2D eigenvalue weighted by Gasteiger charge is -2.17. The second-order valence-electron chi connectivity index (χ2n) is 6.07. The van der Waals surface area contributed by atoms with Crippen LogP contribution in [0, 0.1) is 0 Å². The first-order valence-electron chi connectivity index (χ1n) is 8.64. The van der Waals surface area contributed by atoms with Gasteiger partial charge in [0, 0.05) is 25.0 Å². The van der Waals surface area contributed by atoms with Crippen molar-refractivity contribution in [3.8, 4) is 11.5 Å². The van der Waals surface area contributed by atoms with Crippen LogP contribution in [0.1, 0.15) is 35.8 Å². The maximum absolute atomic E-state index is 12.7. The first-order chi connectivity index (χ1) is 13.0. The van der Waals surface area contributed by atoms with Crippen LogP contribution in [0.2, 0.25) is 0 Å². The molecule has 0 N–H and O–H groups in total. The molecule has 0 aliphatic rings. The van der Waals surface area contributed by atoms with Crippen molar-refractivity contribution in [1.82, 2.24) is 14.3 Å². The van der Waals surface area contributed by atoms with E-state index in [4.69, 9.17) is 9.47 Å². The van der Waals surface area contributed by atoms with Crippen molar-refractivity contribution in [2.24, 2.45) is 7.05 Å². The second kappa shape index (κ2) is 7.90. The Hall–Kier alpha value is -3.35. The van der Waals surface area contributed by atoms with E-state index in [0.717, 1.165) is 5.56 Å².